The van der Waals surface area contributed by atoms with Gasteiger partial charge in [-0.05, 0) is 22.0 Å². The van der Waals surface area contributed by atoms with Crippen molar-refractivity contribution in [3.8, 4) is 12.3 Å². The molecule has 17 heavy (non-hydrogen) atoms. The van der Waals surface area contributed by atoms with E-state index in [2.05, 4.69) is 21.9 Å². The zero-order valence-corrected chi connectivity index (χ0v) is 10.5. The van der Waals surface area contributed by atoms with Crippen LogP contribution in [-0.4, -0.2) is 12.5 Å². The van der Waals surface area contributed by atoms with Crippen LogP contribution >= 0.6 is 15.9 Å². The lowest BCUT2D eigenvalue weighted by Gasteiger charge is -2.18. The van der Waals surface area contributed by atoms with Gasteiger partial charge in [0.2, 0.25) is 5.91 Å². The first-order chi connectivity index (χ1) is 8.02. The number of carbonyl (C=O) groups is 1. The van der Waals surface area contributed by atoms with E-state index in [0.29, 0.717) is 17.9 Å². The summed E-state index contributed by atoms with van der Waals surface area (Å²) in [5, 5.41) is 0. The first-order valence-electron chi connectivity index (χ1n) is 5.04. The zero-order chi connectivity index (χ0) is 12.6. The second-order valence-corrected chi connectivity index (χ2v) is 4.75. The normalized spacial score (nSPS) is 19.5. The lowest BCUT2D eigenvalue weighted by molar-refractivity contribution is -0.117. The van der Waals surface area contributed by atoms with E-state index in [0.717, 1.165) is 0 Å². The SMILES string of the molecule is C#CC1CC(=O)N(c2cc(F)c(Br)cc2N)C1. The standard InChI is InChI=1S/C12H10BrFN2O/c1-2-7-3-12(17)16(6-7)11-5-9(14)8(13)4-10(11)15/h1,4-5,7H,3,6,15H2. The number of hydrogen-bond acceptors (Lipinski definition) is 2. The van der Waals surface area contributed by atoms with Crippen LogP contribution in [0.25, 0.3) is 0 Å². The minimum absolute atomic E-state index is 0.124. The summed E-state index contributed by atoms with van der Waals surface area (Å²) < 4.78 is 13.7. The molecule has 0 radical (unpaired) electrons. The summed E-state index contributed by atoms with van der Waals surface area (Å²) in [6.07, 6.45) is 5.57. The van der Waals surface area contributed by atoms with Gasteiger partial charge in [-0.15, -0.1) is 12.3 Å². The highest BCUT2D eigenvalue weighted by Gasteiger charge is 2.30. The van der Waals surface area contributed by atoms with Crippen molar-refractivity contribution in [2.45, 2.75) is 6.42 Å². The summed E-state index contributed by atoms with van der Waals surface area (Å²) in [5.74, 6) is 1.83. The molecule has 0 bridgehead atoms. The summed E-state index contributed by atoms with van der Waals surface area (Å²) in [6.45, 7) is 0.389. The third kappa shape index (κ3) is 2.13. The van der Waals surface area contributed by atoms with Gasteiger partial charge in [0.1, 0.15) is 5.82 Å². The Balaban J connectivity index is 2.39. The van der Waals surface area contributed by atoms with E-state index in [4.69, 9.17) is 12.2 Å². The van der Waals surface area contributed by atoms with Crippen LogP contribution in [0.2, 0.25) is 0 Å². The molecule has 1 amide bonds. The second-order valence-electron chi connectivity index (χ2n) is 3.90. The van der Waals surface area contributed by atoms with Crippen LogP contribution in [0.5, 0.6) is 0 Å². The molecule has 5 heteroatoms. The molecule has 2 N–H and O–H groups in total. The predicted molar refractivity (Wildman–Crippen MR) is 67.8 cm³/mol. The van der Waals surface area contributed by atoms with E-state index in [9.17, 15) is 9.18 Å². The Hall–Kier alpha value is -1.54. The highest BCUT2D eigenvalue weighted by Crippen LogP contribution is 2.33. The number of amides is 1. The molecule has 3 nitrogen and oxygen atoms in total. The van der Waals surface area contributed by atoms with Crippen LogP contribution in [0.1, 0.15) is 6.42 Å². The summed E-state index contributed by atoms with van der Waals surface area (Å²) in [6, 6.07) is 2.69. The minimum Gasteiger partial charge on any atom is -0.397 e. The van der Waals surface area contributed by atoms with E-state index in [1.807, 2.05) is 0 Å². The molecule has 1 saturated heterocycles. The number of rotatable bonds is 1. The number of terminal acetylenes is 1. The number of halogens is 2. The van der Waals surface area contributed by atoms with Gasteiger partial charge in [-0.25, -0.2) is 4.39 Å². The van der Waals surface area contributed by atoms with Crippen LogP contribution in [0, 0.1) is 24.1 Å². The van der Waals surface area contributed by atoms with Gasteiger partial charge in [0.25, 0.3) is 0 Å². The summed E-state index contributed by atoms with van der Waals surface area (Å²) in [7, 11) is 0. The summed E-state index contributed by atoms with van der Waals surface area (Å²) >= 11 is 3.04. The van der Waals surface area contributed by atoms with Gasteiger partial charge in [-0.3, -0.25) is 4.79 Å². The van der Waals surface area contributed by atoms with Crippen molar-refractivity contribution in [1.29, 1.82) is 0 Å². The average molecular weight is 297 g/mol. The van der Waals surface area contributed by atoms with E-state index >= 15 is 0 Å². The highest BCUT2D eigenvalue weighted by molar-refractivity contribution is 9.10. The van der Waals surface area contributed by atoms with Crippen molar-refractivity contribution in [3.05, 3.63) is 22.4 Å². The van der Waals surface area contributed by atoms with Gasteiger partial charge < -0.3 is 10.6 Å². The molecule has 1 aromatic carbocycles. The van der Waals surface area contributed by atoms with Crippen molar-refractivity contribution in [2.75, 3.05) is 17.2 Å². The number of nitrogens with zero attached hydrogens (tertiary/aromatic N) is 1. The van der Waals surface area contributed by atoms with Crippen LogP contribution in [0.4, 0.5) is 15.8 Å². The number of nitrogens with two attached hydrogens (primary N) is 1. The Morgan fingerprint density at radius 1 is 1.59 bits per heavy atom. The molecule has 1 aromatic rings. The molecule has 2 rings (SSSR count). The minimum atomic E-state index is -0.453. The molecule has 88 valence electrons. The molecule has 0 aliphatic carbocycles. The Kier molecular flexibility index (Phi) is 3.07. The van der Waals surface area contributed by atoms with Crippen molar-refractivity contribution in [2.24, 2.45) is 5.92 Å². The molecular weight excluding hydrogens is 287 g/mol. The molecule has 1 fully saturated rings. The lowest BCUT2D eigenvalue weighted by Crippen LogP contribution is -2.25. The van der Waals surface area contributed by atoms with Crippen molar-refractivity contribution >= 4 is 33.2 Å². The van der Waals surface area contributed by atoms with E-state index in [1.165, 1.54) is 17.0 Å². The third-order valence-corrected chi connectivity index (χ3v) is 3.33. The number of hydrogen-bond donors (Lipinski definition) is 1. The fourth-order valence-corrected chi connectivity index (χ4v) is 2.20. The smallest absolute Gasteiger partial charge is 0.228 e. The molecule has 0 spiro atoms. The van der Waals surface area contributed by atoms with Crippen LogP contribution in [0.15, 0.2) is 16.6 Å². The van der Waals surface area contributed by atoms with Gasteiger partial charge in [-0.2, -0.15) is 0 Å². The lowest BCUT2D eigenvalue weighted by atomic mass is 10.1. The van der Waals surface area contributed by atoms with Gasteiger partial charge in [-0.1, -0.05) is 0 Å². The zero-order valence-electron chi connectivity index (χ0n) is 8.91. The van der Waals surface area contributed by atoms with Crippen molar-refractivity contribution in [3.63, 3.8) is 0 Å². The van der Waals surface area contributed by atoms with Gasteiger partial charge in [0, 0.05) is 24.9 Å². The molecule has 1 atom stereocenters. The fraction of sp³-hybridized carbons (Fsp3) is 0.250. The number of anilines is 2. The van der Waals surface area contributed by atoms with Gasteiger partial charge >= 0.3 is 0 Å². The average Bonchev–Trinajstić information content (AvgIpc) is 2.65. The van der Waals surface area contributed by atoms with E-state index in [-0.39, 0.29) is 22.7 Å². The largest absolute Gasteiger partial charge is 0.397 e. The van der Waals surface area contributed by atoms with Gasteiger partial charge in [0.05, 0.1) is 15.8 Å². The monoisotopic (exact) mass is 296 g/mol. The first kappa shape index (κ1) is 11.9. The Morgan fingerprint density at radius 2 is 2.29 bits per heavy atom. The highest BCUT2D eigenvalue weighted by atomic mass is 79.9. The maximum atomic E-state index is 13.4. The molecule has 0 saturated carbocycles. The Bertz CT molecular complexity index is 524. The fourth-order valence-electron chi connectivity index (χ4n) is 1.84. The summed E-state index contributed by atoms with van der Waals surface area (Å²) in [5.41, 5.74) is 6.51. The van der Waals surface area contributed by atoms with E-state index in [1.54, 1.807) is 0 Å². The maximum Gasteiger partial charge on any atom is 0.228 e. The second kappa shape index (κ2) is 4.38. The van der Waals surface area contributed by atoms with Crippen LogP contribution in [-0.2, 0) is 4.79 Å². The van der Waals surface area contributed by atoms with E-state index < -0.39 is 5.82 Å². The molecule has 0 aromatic heterocycles. The van der Waals surface area contributed by atoms with Gasteiger partial charge in [0.15, 0.2) is 0 Å². The summed E-state index contributed by atoms with van der Waals surface area (Å²) in [4.78, 5) is 13.2. The number of benzene rings is 1. The van der Waals surface area contributed by atoms with Crippen LogP contribution < -0.4 is 10.6 Å². The van der Waals surface area contributed by atoms with Crippen molar-refractivity contribution in [1.82, 2.24) is 0 Å². The molecule has 1 aliphatic rings. The van der Waals surface area contributed by atoms with Crippen LogP contribution in [0.3, 0.4) is 0 Å². The maximum absolute atomic E-state index is 13.4. The molecular formula is C12H10BrFN2O. The number of nitrogen functional groups attached to an aromatic ring is 1. The van der Waals surface area contributed by atoms with Crippen molar-refractivity contribution < 1.29 is 9.18 Å². The first-order valence-corrected chi connectivity index (χ1v) is 5.83. The quantitative estimate of drug-likeness (QED) is 0.638. The number of carbonyl (C=O) groups excluding carboxylic acids is 1. The molecule has 1 aliphatic heterocycles. The Labute approximate surface area is 107 Å². The topological polar surface area (TPSA) is 46.3 Å². The third-order valence-electron chi connectivity index (χ3n) is 2.72. The molecule has 1 unspecified atom stereocenters. The Morgan fingerprint density at radius 3 is 2.88 bits per heavy atom. The predicted octanol–water partition coefficient (Wildman–Crippen LogP) is 2.16. The molecule has 1 heterocycles.